The van der Waals surface area contributed by atoms with E-state index < -0.39 is 5.79 Å². The molecule has 15 heavy (non-hydrogen) atoms. The van der Waals surface area contributed by atoms with Crippen LogP contribution in [0.15, 0.2) is 17.2 Å². The Labute approximate surface area is 91.3 Å². The number of rotatable bonds is 3. The molecule has 0 N–H and O–H groups in total. The lowest BCUT2D eigenvalue weighted by Crippen LogP contribution is -2.20. The highest BCUT2D eigenvalue weighted by Crippen LogP contribution is 2.35. The average Bonchev–Trinajstić information content (AvgIpc) is 2.84. The Kier molecular flexibility index (Phi) is 2.93. The molecule has 1 aliphatic rings. The summed E-state index contributed by atoms with van der Waals surface area (Å²) in [5.41, 5.74) is 8.21. The normalized spacial score (nSPS) is 18.7. The molecule has 1 saturated heterocycles. The summed E-state index contributed by atoms with van der Waals surface area (Å²) in [4.78, 5) is 4.76. The van der Waals surface area contributed by atoms with Crippen molar-refractivity contribution in [1.29, 1.82) is 0 Å². The molecule has 0 unspecified atom stereocenters. The van der Waals surface area contributed by atoms with Gasteiger partial charge in [-0.25, -0.2) is 0 Å². The second-order valence-electron chi connectivity index (χ2n) is 3.30. The second-order valence-corrected chi connectivity index (χ2v) is 4.47. The lowest BCUT2D eigenvalue weighted by molar-refractivity contribution is -0.146. The minimum atomic E-state index is -0.612. The van der Waals surface area contributed by atoms with E-state index in [9.17, 15) is 0 Å². The van der Waals surface area contributed by atoms with E-state index in [1.807, 2.05) is 19.1 Å². The Balaban J connectivity index is 2.15. The van der Waals surface area contributed by atoms with Gasteiger partial charge in [-0.15, -0.1) is 11.3 Å². The van der Waals surface area contributed by atoms with Gasteiger partial charge in [-0.05, 0) is 24.6 Å². The molecule has 0 atom stereocenters. The van der Waals surface area contributed by atoms with Gasteiger partial charge in [0.1, 0.15) is 0 Å². The van der Waals surface area contributed by atoms with Crippen LogP contribution in [0, 0.1) is 0 Å². The van der Waals surface area contributed by atoms with E-state index in [0.717, 1.165) is 9.75 Å². The molecular weight excluding hydrogens is 214 g/mol. The minimum Gasteiger partial charge on any atom is -0.343 e. The molecule has 0 amide bonds. The molecule has 0 aromatic carbocycles. The van der Waals surface area contributed by atoms with Crippen molar-refractivity contribution in [2.45, 2.75) is 19.3 Å². The highest BCUT2D eigenvalue weighted by molar-refractivity contribution is 7.12. The molecule has 0 saturated carbocycles. The van der Waals surface area contributed by atoms with Gasteiger partial charge in [-0.3, -0.25) is 0 Å². The maximum absolute atomic E-state index is 8.21. The summed E-state index contributed by atoms with van der Waals surface area (Å²) in [6, 6.07) is 3.89. The maximum Gasteiger partial charge on any atom is 0.201 e. The molecule has 80 valence electrons. The number of nitrogens with zero attached hydrogens (tertiary/aromatic N) is 3. The van der Waals surface area contributed by atoms with E-state index in [1.165, 1.54) is 0 Å². The largest absolute Gasteiger partial charge is 0.343 e. The van der Waals surface area contributed by atoms with E-state index in [4.69, 9.17) is 15.0 Å². The van der Waals surface area contributed by atoms with Crippen molar-refractivity contribution in [1.82, 2.24) is 0 Å². The van der Waals surface area contributed by atoms with Gasteiger partial charge >= 0.3 is 0 Å². The quantitative estimate of drug-likeness (QED) is 0.451. The first-order valence-electron chi connectivity index (χ1n) is 4.62. The monoisotopic (exact) mass is 225 g/mol. The summed E-state index contributed by atoms with van der Waals surface area (Å²) in [5.74, 6) is -0.612. The molecule has 5 nitrogen and oxygen atoms in total. The van der Waals surface area contributed by atoms with E-state index >= 15 is 0 Å². The van der Waals surface area contributed by atoms with Crippen LogP contribution in [0.1, 0.15) is 16.7 Å². The summed E-state index contributed by atoms with van der Waals surface area (Å²) >= 11 is 1.55. The molecule has 0 radical (unpaired) electrons. The third kappa shape index (κ3) is 2.13. The van der Waals surface area contributed by atoms with Crippen LogP contribution in [0.2, 0.25) is 0 Å². The number of ether oxygens (including phenoxy) is 2. The van der Waals surface area contributed by atoms with Crippen molar-refractivity contribution in [2.75, 3.05) is 13.2 Å². The van der Waals surface area contributed by atoms with Crippen molar-refractivity contribution < 1.29 is 9.47 Å². The molecule has 1 aliphatic heterocycles. The molecule has 1 aromatic rings. The number of hydrogen-bond acceptors (Lipinski definition) is 4. The first-order valence-corrected chi connectivity index (χ1v) is 5.44. The van der Waals surface area contributed by atoms with Gasteiger partial charge < -0.3 is 9.47 Å². The number of thiophene rings is 1. The molecular formula is C9H11N3O2S. The van der Waals surface area contributed by atoms with E-state index in [2.05, 4.69) is 10.0 Å². The van der Waals surface area contributed by atoms with Crippen molar-refractivity contribution in [3.05, 3.63) is 32.3 Å². The first-order chi connectivity index (χ1) is 7.24. The predicted molar refractivity (Wildman–Crippen MR) is 56.4 cm³/mol. The molecule has 1 fully saturated rings. The van der Waals surface area contributed by atoms with E-state index in [0.29, 0.717) is 19.8 Å². The summed E-state index contributed by atoms with van der Waals surface area (Å²) in [6.07, 6.45) is 0. The highest BCUT2D eigenvalue weighted by Gasteiger charge is 2.34. The summed E-state index contributed by atoms with van der Waals surface area (Å²) in [6.45, 7) is 3.54. The molecule has 2 heterocycles. The maximum atomic E-state index is 8.21. The van der Waals surface area contributed by atoms with Gasteiger partial charge in [0.15, 0.2) is 0 Å². The molecule has 0 spiro atoms. The van der Waals surface area contributed by atoms with E-state index in [1.54, 1.807) is 11.3 Å². The molecule has 0 bridgehead atoms. The SMILES string of the molecule is CC1(c2ccc(CN=[N+]=[N-])s2)OCCO1. The highest BCUT2D eigenvalue weighted by atomic mass is 32.1. The fraction of sp³-hybridized carbons (Fsp3) is 0.556. The van der Waals surface area contributed by atoms with Gasteiger partial charge in [0.25, 0.3) is 0 Å². The number of hydrogen-bond donors (Lipinski definition) is 0. The smallest absolute Gasteiger partial charge is 0.201 e. The van der Waals surface area contributed by atoms with Gasteiger partial charge in [-0.2, -0.15) is 0 Å². The Hall–Kier alpha value is -1.07. The van der Waals surface area contributed by atoms with E-state index in [-0.39, 0.29) is 0 Å². The first kappa shape index (κ1) is 10.4. The van der Waals surface area contributed by atoms with Crippen LogP contribution in [0.3, 0.4) is 0 Å². The van der Waals surface area contributed by atoms with Crippen LogP contribution in [0.5, 0.6) is 0 Å². The zero-order valence-corrected chi connectivity index (χ0v) is 9.16. The molecule has 2 rings (SSSR count). The molecule has 0 aliphatic carbocycles. The van der Waals surface area contributed by atoms with Crippen LogP contribution < -0.4 is 0 Å². The average molecular weight is 225 g/mol. The van der Waals surface area contributed by atoms with Crippen molar-refractivity contribution in [2.24, 2.45) is 5.11 Å². The Bertz CT molecular complexity index is 392. The summed E-state index contributed by atoms with van der Waals surface area (Å²) < 4.78 is 11.1. The lowest BCUT2D eigenvalue weighted by Gasteiger charge is -2.20. The second kappa shape index (κ2) is 4.20. The lowest BCUT2D eigenvalue weighted by atomic mass is 10.2. The summed E-state index contributed by atoms with van der Waals surface area (Å²) in [5, 5.41) is 3.51. The zero-order chi connectivity index (χ0) is 10.7. The Morgan fingerprint density at radius 2 is 2.27 bits per heavy atom. The fourth-order valence-corrected chi connectivity index (χ4v) is 2.45. The Morgan fingerprint density at radius 1 is 1.53 bits per heavy atom. The topological polar surface area (TPSA) is 67.2 Å². The third-order valence-corrected chi connectivity index (χ3v) is 3.49. The van der Waals surface area contributed by atoms with Crippen LogP contribution >= 0.6 is 11.3 Å². The number of azide groups is 1. The Morgan fingerprint density at radius 3 is 2.93 bits per heavy atom. The van der Waals surface area contributed by atoms with Gasteiger partial charge in [-0.1, -0.05) is 5.11 Å². The van der Waals surface area contributed by atoms with Crippen LogP contribution in [-0.4, -0.2) is 13.2 Å². The summed E-state index contributed by atoms with van der Waals surface area (Å²) in [7, 11) is 0. The third-order valence-electron chi connectivity index (χ3n) is 2.24. The predicted octanol–water partition coefficient (Wildman–Crippen LogP) is 2.78. The standard InChI is InChI=1S/C9H11N3O2S/c1-9(13-4-5-14-9)8-3-2-7(15-8)6-11-12-10/h2-3H,4-6H2,1H3. The van der Waals surface area contributed by atoms with Crippen molar-refractivity contribution >= 4 is 11.3 Å². The minimum absolute atomic E-state index is 0.386. The van der Waals surface area contributed by atoms with Crippen molar-refractivity contribution in [3.8, 4) is 0 Å². The molecule has 6 heteroatoms. The van der Waals surface area contributed by atoms with Crippen LogP contribution in [0.25, 0.3) is 10.4 Å². The van der Waals surface area contributed by atoms with Gasteiger partial charge in [0.05, 0.1) is 24.6 Å². The van der Waals surface area contributed by atoms with Crippen LogP contribution in [-0.2, 0) is 21.8 Å². The fourth-order valence-electron chi connectivity index (χ4n) is 1.47. The zero-order valence-electron chi connectivity index (χ0n) is 8.34. The van der Waals surface area contributed by atoms with Crippen molar-refractivity contribution in [3.63, 3.8) is 0 Å². The van der Waals surface area contributed by atoms with Gasteiger partial charge in [0, 0.05) is 9.79 Å². The molecule has 1 aromatic heterocycles. The van der Waals surface area contributed by atoms with Gasteiger partial charge in [0.2, 0.25) is 5.79 Å². The van der Waals surface area contributed by atoms with Crippen LogP contribution in [0.4, 0.5) is 0 Å².